The zero-order valence-electron chi connectivity index (χ0n) is 8.64. The molecule has 0 fully saturated rings. The number of hydrogen-bond donors (Lipinski definition) is 0. The zero-order chi connectivity index (χ0) is 11.8. The summed E-state index contributed by atoms with van der Waals surface area (Å²) in [6.45, 7) is 0. The van der Waals surface area contributed by atoms with E-state index in [0.29, 0.717) is 21.5 Å². The van der Waals surface area contributed by atoms with Crippen LogP contribution in [0.4, 0.5) is 0 Å². The summed E-state index contributed by atoms with van der Waals surface area (Å²) in [7, 11) is 0. The molecule has 0 saturated heterocycles. The Balaban J connectivity index is 2.22. The van der Waals surface area contributed by atoms with Crippen molar-refractivity contribution in [3.05, 3.63) is 52.6 Å². The van der Waals surface area contributed by atoms with Crippen molar-refractivity contribution in [2.24, 2.45) is 0 Å². The van der Waals surface area contributed by atoms with E-state index in [1.807, 2.05) is 24.3 Å². The van der Waals surface area contributed by atoms with Crippen LogP contribution in [-0.2, 0) is 0 Å². The second kappa shape index (κ2) is 4.02. The van der Waals surface area contributed by atoms with Crippen LogP contribution in [0.5, 0.6) is 0 Å². The first kappa shape index (κ1) is 10.6. The van der Waals surface area contributed by atoms with Crippen LogP contribution in [0.1, 0.15) is 0 Å². The van der Waals surface area contributed by atoms with Gasteiger partial charge in [-0.15, -0.1) is 5.10 Å². The van der Waals surface area contributed by atoms with Crippen molar-refractivity contribution in [2.75, 3.05) is 0 Å². The number of fused-ring (bicyclic) bond motifs is 1. The van der Waals surface area contributed by atoms with Crippen molar-refractivity contribution in [3.63, 3.8) is 0 Å². The van der Waals surface area contributed by atoms with Gasteiger partial charge >= 0.3 is 0 Å². The standard InChI is InChI=1S/C12H7Cl2N3/c13-8-5-6-17-11(7-8)15-12(16-17)9-3-1-2-4-10(9)14/h1-7H. The van der Waals surface area contributed by atoms with Crippen molar-refractivity contribution in [1.82, 2.24) is 14.6 Å². The Kier molecular flexibility index (Phi) is 2.50. The highest BCUT2D eigenvalue weighted by atomic mass is 35.5. The van der Waals surface area contributed by atoms with Gasteiger partial charge in [-0.3, -0.25) is 0 Å². The average molecular weight is 264 g/mol. The van der Waals surface area contributed by atoms with Crippen LogP contribution in [-0.4, -0.2) is 14.6 Å². The van der Waals surface area contributed by atoms with E-state index in [0.717, 1.165) is 5.56 Å². The lowest BCUT2D eigenvalue weighted by molar-refractivity contribution is 0.966. The summed E-state index contributed by atoms with van der Waals surface area (Å²) in [5, 5.41) is 5.62. The first-order chi connectivity index (χ1) is 8.24. The maximum atomic E-state index is 6.10. The number of halogens is 2. The minimum Gasteiger partial charge on any atom is -0.220 e. The number of nitrogens with zero attached hydrogens (tertiary/aromatic N) is 3. The molecule has 2 heterocycles. The lowest BCUT2D eigenvalue weighted by atomic mass is 10.2. The molecule has 5 heteroatoms. The van der Waals surface area contributed by atoms with Crippen molar-refractivity contribution in [2.45, 2.75) is 0 Å². The maximum Gasteiger partial charge on any atom is 0.183 e. The van der Waals surface area contributed by atoms with E-state index in [9.17, 15) is 0 Å². The van der Waals surface area contributed by atoms with E-state index >= 15 is 0 Å². The molecule has 0 unspecified atom stereocenters. The van der Waals surface area contributed by atoms with Crippen LogP contribution < -0.4 is 0 Å². The molecule has 0 spiro atoms. The molecule has 3 rings (SSSR count). The summed E-state index contributed by atoms with van der Waals surface area (Å²) in [5.41, 5.74) is 1.52. The number of rotatable bonds is 1. The average Bonchev–Trinajstić information content (AvgIpc) is 2.72. The van der Waals surface area contributed by atoms with Gasteiger partial charge in [-0.05, 0) is 18.2 Å². The molecule has 0 N–H and O–H groups in total. The molecule has 0 saturated carbocycles. The van der Waals surface area contributed by atoms with Gasteiger partial charge in [0.05, 0.1) is 5.02 Å². The van der Waals surface area contributed by atoms with Gasteiger partial charge in [0.1, 0.15) is 0 Å². The molecular weight excluding hydrogens is 257 g/mol. The monoisotopic (exact) mass is 263 g/mol. The first-order valence-corrected chi connectivity index (χ1v) is 5.76. The van der Waals surface area contributed by atoms with Gasteiger partial charge in [-0.2, -0.15) is 0 Å². The zero-order valence-corrected chi connectivity index (χ0v) is 10.2. The van der Waals surface area contributed by atoms with Crippen molar-refractivity contribution in [1.29, 1.82) is 0 Å². The minimum absolute atomic E-state index is 0.595. The summed E-state index contributed by atoms with van der Waals surface area (Å²) >= 11 is 12.0. The van der Waals surface area contributed by atoms with Gasteiger partial charge in [-0.1, -0.05) is 35.3 Å². The third kappa shape index (κ3) is 1.88. The molecule has 0 radical (unpaired) electrons. The normalized spacial score (nSPS) is 10.9. The Bertz CT molecular complexity index is 691. The van der Waals surface area contributed by atoms with E-state index in [-0.39, 0.29) is 0 Å². The summed E-state index contributed by atoms with van der Waals surface area (Å²) in [6.07, 6.45) is 1.77. The van der Waals surface area contributed by atoms with E-state index < -0.39 is 0 Å². The fraction of sp³-hybridized carbons (Fsp3) is 0. The summed E-state index contributed by atoms with van der Waals surface area (Å²) in [5.74, 6) is 0.595. The van der Waals surface area contributed by atoms with Gasteiger partial charge in [0.25, 0.3) is 0 Å². The molecule has 0 aliphatic rings. The minimum atomic E-state index is 0.595. The maximum absolute atomic E-state index is 6.10. The topological polar surface area (TPSA) is 30.2 Å². The molecule has 17 heavy (non-hydrogen) atoms. The van der Waals surface area contributed by atoms with Crippen molar-refractivity contribution < 1.29 is 0 Å². The number of pyridine rings is 1. The van der Waals surface area contributed by atoms with Crippen LogP contribution >= 0.6 is 23.2 Å². The fourth-order valence-corrected chi connectivity index (χ4v) is 1.99. The smallest absolute Gasteiger partial charge is 0.183 e. The van der Waals surface area contributed by atoms with Crippen molar-refractivity contribution >= 4 is 28.8 Å². The molecule has 0 aliphatic carbocycles. The Morgan fingerprint density at radius 2 is 1.88 bits per heavy atom. The molecule has 0 amide bonds. The SMILES string of the molecule is Clc1ccn2nc(-c3ccccc3Cl)nc2c1. The Labute approximate surface area is 108 Å². The third-order valence-corrected chi connectivity index (χ3v) is 2.98. The lowest BCUT2D eigenvalue weighted by Crippen LogP contribution is -1.86. The molecule has 84 valence electrons. The quantitative estimate of drug-likeness (QED) is 0.670. The number of aromatic nitrogens is 3. The van der Waals surface area contributed by atoms with E-state index in [4.69, 9.17) is 23.2 Å². The van der Waals surface area contributed by atoms with Gasteiger partial charge in [0.2, 0.25) is 0 Å². The summed E-state index contributed by atoms with van der Waals surface area (Å²) < 4.78 is 1.67. The molecular formula is C12H7Cl2N3. The molecule has 0 aliphatic heterocycles. The molecule has 2 aromatic heterocycles. The molecule has 3 nitrogen and oxygen atoms in total. The summed E-state index contributed by atoms with van der Waals surface area (Å²) in [4.78, 5) is 4.39. The highest BCUT2D eigenvalue weighted by Crippen LogP contribution is 2.25. The van der Waals surface area contributed by atoms with Crippen LogP contribution in [0.25, 0.3) is 17.0 Å². The Morgan fingerprint density at radius 3 is 2.71 bits per heavy atom. The number of hydrogen-bond acceptors (Lipinski definition) is 2. The second-order valence-electron chi connectivity index (χ2n) is 3.56. The lowest BCUT2D eigenvalue weighted by Gasteiger charge is -1.96. The van der Waals surface area contributed by atoms with Gasteiger partial charge in [-0.25, -0.2) is 9.50 Å². The molecule has 1 aromatic carbocycles. The second-order valence-corrected chi connectivity index (χ2v) is 4.41. The molecule has 0 atom stereocenters. The van der Waals surface area contributed by atoms with E-state index in [1.165, 1.54) is 0 Å². The largest absolute Gasteiger partial charge is 0.220 e. The predicted molar refractivity (Wildman–Crippen MR) is 68.4 cm³/mol. The van der Waals surface area contributed by atoms with Crippen molar-refractivity contribution in [3.8, 4) is 11.4 Å². The van der Waals surface area contributed by atoms with Crippen LogP contribution in [0, 0.1) is 0 Å². The predicted octanol–water partition coefficient (Wildman–Crippen LogP) is 3.70. The third-order valence-electron chi connectivity index (χ3n) is 2.41. The summed E-state index contributed by atoms with van der Waals surface area (Å²) in [6, 6.07) is 11.0. The number of benzene rings is 1. The first-order valence-electron chi connectivity index (χ1n) is 5.01. The van der Waals surface area contributed by atoms with E-state index in [2.05, 4.69) is 10.1 Å². The van der Waals surface area contributed by atoms with Crippen LogP contribution in [0.2, 0.25) is 10.0 Å². The highest BCUT2D eigenvalue weighted by molar-refractivity contribution is 6.33. The molecule has 0 bridgehead atoms. The van der Waals surface area contributed by atoms with Crippen LogP contribution in [0.3, 0.4) is 0 Å². The van der Waals surface area contributed by atoms with Gasteiger partial charge in [0, 0.05) is 22.8 Å². The fourth-order valence-electron chi connectivity index (χ4n) is 1.61. The Hall–Kier alpha value is -1.58. The van der Waals surface area contributed by atoms with E-state index in [1.54, 1.807) is 22.8 Å². The highest BCUT2D eigenvalue weighted by Gasteiger charge is 2.09. The van der Waals surface area contributed by atoms with Gasteiger partial charge in [0.15, 0.2) is 11.5 Å². The molecule has 3 aromatic rings. The van der Waals surface area contributed by atoms with Gasteiger partial charge < -0.3 is 0 Å². The Morgan fingerprint density at radius 1 is 1.06 bits per heavy atom. The van der Waals surface area contributed by atoms with Crippen LogP contribution in [0.15, 0.2) is 42.6 Å².